The highest BCUT2D eigenvalue weighted by Crippen LogP contribution is 2.33. The lowest BCUT2D eigenvalue weighted by Gasteiger charge is -2.40. The van der Waals surface area contributed by atoms with Crippen molar-refractivity contribution in [3.8, 4) is 0 Å². The number of rotatable bonds is 1. The van der Waals surface area contributed by atoms with Crippen molar-refractivity contribution in [3.63, 3.8) is 0 Å². The second kappa shape index (κ2) is 3.11. The van der Waals surface area contributed by atoms with E-state index >= 15 is 0 Å². The standard InChI is InChI=1S/C9H16O2/c1-7-10-9(11-7)8-5-3-2-4-6-8/h7-9H,2-6H2,1H3. The molecule has 2 rings (SSSR count). The van der Waals surface area contributed by atoms with Gasteiger partial charge in [0.2, 0.25) is 0 Å². The summed E-state index contributed by atoms with van der Waals surface area (Å²) in [6.45, 7) is 1.96. The quantitative estimate of drug-likeness (QED) is 0.580. The molecule has 1 saturated heterocycles. The zero-order chi connectivity index (χ0) is 7.68. The Morgan fingerprint density at radius 2 is 1.64 bits per heavy atom. The van der Waals surface area contributed by atoms with Crippen molar-refractivity contribution in [2.45, 2.75) is 51.6 Å². The van der Waals surface area contributed by atoms with E-state index in [0.29, 0.717) is 5.92 Å². The summed E-state index contributed by atoms with van der Waals surface area (Å²) in [4.78, 5) is 0. The Kier molecular flexibility index (Phi) is 2.14. The normalized spacial score (nSPS) is 40.1. The third-order valence-electron chi connectivity index (χ3n) is 2.69. The van der Waals surface area contributed by atoms with Gasteiger partial charge in [-0.25, -0.2) is 0 Å². The third kappa shape index (κ3) is 1.57. The molecule has 0 aromatic heterocycles. The van der Waals surface area contributed by atoms with Crippen LogP contribution in [0.5, 0.6) is 0 Å². The first-order chi connectivity index (χ1) is 5.36. The fourth-order valence-electron chi connectivity index (χ4n) is 2.02. The zero-order valence-electron chi connectivity index (χ0n) is 7.08. The molecule has 0 N–H and O–H groups in total. The van der Waals surface area contributed by atoms with Gasteiger partial charge >= 0.3 is 0 Å². The molecular formula is C9H16O2. The van der Waals surface area contributed by atoms with Crippen LogP contribution in [0.4, 0.5) is 0 Å². The number of ether oxygens (including phenoxy) is 2. The Bertz CT molecular complexity index is 124. The van der Waals surface area contributed by atoms with Crippen LogP contribution in [0.3, 0.4) is 0 Å². The van der Waals surface area contributed by atoms with Gasteiger partial charge < -0.3 is 9.47 Å². The second-order valence-corrected chi connectivity index (χ2v) is 3.61. The van der Waals surface area contributed by atoms with E-state index in [0.717, 1.165) is 0 Å². The molecule has 2 heteroatoms. The summed E-state index contributed by atoms with van der Waals surface area (Å²) >= 11 is 0. The summed E-state index contributed by atoms with van der Waals surface area (Å²) in [5, 5.41) is 0. The van der Waals surface area contributed by atoms with Crippen molar-refractivity contribution in [2.75, 3.05) is 0 Å². The fourth-order valence-corrected chi connectivity index (χ4v) is 2.02. The van der Waals surface area contributed by atoms with Crippen LogP contribution in [0.15, 0.2) is 0 Å². The molecule has 1 saturated carbocycles. The van der Waals surface area contributed by atoms with Crippen LogP contribution in [0.1, 0.15) is 39.0 Å². The van der Waals surface area contributed by atoms with E-state index < -0.39 is 0 Å². The van der Waals surface area contributed by atoms with E-state index in [-0.39, 0.29) is 12.6 Å². The van der Waals surface area contributed by atoms with Crippen LogP contribution < -0.4 is 0 Å². The summed E-state index contributed by atoms with van der Waals surface area (Å²) in [7, 11) is 0. The molecule has 2 fully saturated rings. The van der Waals surface area contributed by atoms with Crippen molar-refractivity contribution in [2.24, 2.45) is 5.92 Å². The van der Waals surface area contributed by atoms with E-state index in [1.54, 1.807) is 0 Å². The topological polar surface area (TPSA) is 18.5 Å². The summed E-state index contributed by atoms with van der Waals surface area (Å²) < 4.78 is 10.9. The maximum absolute atomic E-state index is 5.46. The second-order valence-electron chi connectivity index (χ2n) is 3.61. The van der Waals surface area contributed by atoms with Gasteiger partial charge in [-0.3, -0.25) is 0 Å². The molecule has 64 valence electrons. The predicted molar refractivity (Wildman–Crippen MR) is 42.0 cm³/mol. The van der Waals surface area contributed by atoms with Gasteiger partial charge in [-0.2, -0.15) is 0 Å². The Morgan fingerprint density at radius 1 is 1.00 bits per heavy atom. The minimum Gasteiger partial charge on any atom is -0.324 e. The summed E-state index contributed by atoms with van der Waals surface area (Å²) in [5.41, 5.74) is 0. The van der Waals surface area contributed by atoms with Gasteiger partial charge in [0.15, 0.2) is 12.6 Å². The Hall–Kier alpha value is -0.0800. The highest BCUT2D eigenvalue weighted by atomic mass is 16.9. The Balaban J connectivity index is 1.76. The van der Waals surface area contributed by atoms with Crippen LogP contribution in [0, 0.1) is 5.92 Å². The third-order valence-corrected chi connectivity index (χ3v) is 2.69. The summed E-state index contributed by atoms with van der Waals surface area (Å²) in [5.74, 6) is 0.694. The van der Waals surface area contributed by atoms with Gasteiger partial charge in [0.1, 0.15) is 0 Å². The van der Waals surface area contributed by atoms with Gasteiger partial charge in [-0.1, -0.05) is 19.3 Å². The average Bonchev–Trinajstić information content (AvgIpc) is 2.01. The van der Waals surface area contributed by atoms with Crippen molar-refractivity contribution in [1.82, 2.24) is 0 Å². The SMILES string of the molecule is CC1OC(C2CCCCC2)O1. The maximum atomic E-state index is 5.46. The molecule has 1 heterocycles. The molecule has 2 aliphatic rings. The number of hydrogen-bond donors (Lipinski definition) is 0. The van der Waals surface area contributed by atoms with Crippen LogP contribution >= 0.6 is 0 Å². The van der Waals surface area contributed by atoms with Crippen LogP contribution in [-0.2, 0) is 9.47 Å². The minimum absolute atomic E-state index is 0.0573. The largest absolute Gasteiger partial charge is 0.324 e. The molecular weight excluding hydrogens is 140 g/mol. The van der Waals surface area contributed by atoms with E-state index in [1.807, 2.05) is 6.92 Å². The Labute approximate surface area is 67.9 Å². The number of hydrogen-bond acceptors (Lipinski definition) is 2. The maximum Gasteiger partial charge on any atom is 0.166 e. The molecule has 0 atom stereocenters. The van der Waals surface area contributed by atoms with Crippen LogP contribution in [0.25, 0.3) is 0 Å². The first kappa shape index (κ1) is 7.56. The fraction of sp³-hybridized carbons (Fsp3) is 1.00. The lowest BCUT2D eigenvalue weighted by Crippen LogP contribution is -2.44. The lowest BCUT2D eigenvalue weighted by atomic mass is 9.88. The molecule has 0 radical (unpaired) electrons. The molecule has 0 unspecified atom stereocenters. The van der Waals surface area contributed by atoms with E-state index in [1.165, 1.54) is 32.1 Å². The van der Waals surface area contributed by atoms with Gasteiger partial charge in [0.25, 0.3) is 0 Å². The molecule has 1 aliphatic carbocycles. The van der Waals surface area contributed by atoms with Crippen molar-refractivity contribution >= 4 is 0 Å². The summed E-state index contributed by atoms with van der Waals surface area (Å²) in [6, 6.07) is 0. The molecule has 0 aromatic carbocycles. The van der Waals surface area contributed by atoms with E-state index in [2.05, 4.69) is 0 Å². The van der Waals surface area contributed by atoms with Gasteiger partial charge in [-0.15, -0.1) is 0 Å². The molecule has 1 aliphatic heterocycles. The smallest absolute Gasteiger partial charge is 0.166 e. The molecule has 0 bridgehead atoms. The average molecular weight is 156 g/mol. The van der Waals surface area contributed by atoms with Crippen LogP contribution in [-0.4, -0.2) is 12.6 Å². The molecule has 2 nitrogen and oxygen atoms in total. The lowest BCUT2D eigenvalue weighted by molar-refractivity contribution is -0.394. The first-order valence-corrected chi connectivity index (χ1v) is 4.67. The van der Waals surface area contributed by atoms with Gasteiger partial charge in [0.05, 0.1) is 0 Å². The Morgan fingerprint density at radius 3 is 2.18 bits per heavy atom. The van der Waals surface area contributed by atoms with Gasteiger partial charge in [-0.05, 0) is 19.8 Å². The molecule has 0 amide bonds. The minimum atomic E-state index is 0.0573. The van der Waals surface area contributed by atoms with Crippen LogP contribution in [0.2, 0.25) is 0 Å². The molecule has 0 spiro atoms. The zero-order valence-corrected chi connectivity index (χ0v) is 7.08. The van der Waals surface area contributed by atoms with E-state index in [9.17, 15) is 0 Å². The van der Waals surface area contributed by atoms with Crippen molar-refractivity contribution in [3.05, 3.63) is 0 Å². The highest BCUT2D eigenvalue weighted by Gasteiger charge is 2.34. The monoisotopic (exact) mass is 156 g/mol. The van der Waals surface area contributed by atoms with Crippen molar-refractivity contribution in [1.29, 1.82) is 0 Å². The first-order valence-electron chi connectivity index (χ1n) is 4.67. The highest BCUT2D eigenvalue weighted by molar-refractivity contribution is 4.72. The predicted octanol–water partition coefficient (Wildman–Crippen LogP) is 2.29. The summed E-state index contributed by atoms with van der Waals surface area (Å²) in [6.07, 6.45) is 6.94. The van der Waals surface area contributed by atoms with Gasteiger partial charge in [0, 0.05) is 5.92 Å². The van der Waals surface area contributed by atoms with E-state index in [4.69, 9.17) is 9.47 Å². The molecule has 11 heavy (non-hydrogen) atoms. The molecule has 0 aromatic rings. The van der Waals surface area contributed by atoms with Crippen molar-refractivity contribution < 1.29 is 9.47 Å².